The number of anilines is 1. The second-order valence-corrected chi connectivity index (χ2v) is 9.55. The zero-order chi connectivity index (χ0) is 26.2. The summed E-state index contributed by atoms with van der Waals surface area (Å²) in [5, 5.41) is 5.79. The molecule has 2 aromatic rings. The van der Waals surface area contributed by atoms with Crippen molar-refractivity contribution in [3.05, 3.63) is 70.8 Å². The number of para-hydroxylation sites is 1. The van der Waals surface area contributed by atoms with Crippen LogP contribution in [0.1, 0.15) is 56.8 Å². The summed E-state index contributed by atoms with van der Waals surface area (Å²) >= 11 is 6.34. The first kappa shape index (κ1) is 27.9. The number of halogens is 1. The number of rotatable bonds is 9. The van der Waals surface area contributed by atoms with E-state index in [0.717, 1.165) is 11.1 Å². The van der Waals surface area contributed by atoms with Crippen molar-refractivity contribution >= 4 is 41.3 Å². The van der Waals surface area contributed by atoms with Crippen LogP contribution in [0.4, 0.5) is 10.5 Å². The lowest BCUT2D eigenvalue weighted by molar-refractivity contribution is -0.138. The lowest BCUT2D eigenvalue weighted by Crippen LogP contribution is -2.46. The van der Waals surface area contributed by atoms with E-state index in [-0.39, 0.29) is 6.54 Å². The number of carbonyl (C=O) groups excluding carboxylic acids is 3. The van der Waals surface area contributed by atoms with Crippen LogP contribution in [-0.2, 0) is 14.3 Å². The molecule has 0 saturated heterocycles. The summed E-state index contributed by atoms with van der Waals surface area (Å²) in [5.74, 6) is -0.834. The van der Waals surface area contributed by atoms with Crippen LogP contribution in [0.15, 0.2) is 49.0 Å². The third-order valence-electron chi connectivity index (χ3n) is 5.06. The number of hydrogen-bond donors (Lipinski definition) is 2. The molecule has 0 aliphatic carbocycles. The van der Waals surface area contributed by atoms with Crippen LogP contribution in [0.3, 0.4) is 0 Å². The number of ether oxygens (including phenoxy) is 1. The molecule has 35 heavy (non-hydrogen) atoms. The molecule has 2 rings (SSSR count). The van der Waals surface area contributed by atoms with Gasteiger partial charge in [-0.05, 0) is 62.9 Å². The normalized spacial score (nSPS) is 11.8. The van der Waals surface area contributed by atoms with Gasteiger partial charge < -0.3 is 20.3 Å². The lowest BCUT2D eigenvalue weighted by Gasteiger charge is -2.32. The molecule has 1 unspecified atom stereocenters. The topological polar surface area (TPSA) is 87.7 Å². The molecule has 0 aliphatic rings. The van der Waals surface area contributed by atoms with Crippen LogP contribution in [0.25, 0.3) is 6.08 Å². The highest BCUT2D eigenvalue weighted by Crippen LogP contribution is 2.29. The quantitative estimate of drug-likeness (QED) is 0.461. The minimum atomic E-state index is -0.960. The summed E-state index contributed by atoms with van der Waals surface area (Å²) in [6, 6.07) is 11.6. The van der Waals surface area contributed by atoms with E-state index in [4.69, 9.17) is 16.3 Å². The average molecular weight is 500 g/mol. The monoisotopic (exact) mass is 499 g/mol. The van der Waals surface area contributed by atoms with Crippen LogP contribution in [0.2, 0.25) is 5.02 Å². The lowest BCUT2D eigenvalue weighted by atomic mass is 10.0. The molecule has 3 amide bonds. The van der Waals surface area contributed by atoms with Crippen molar-refractivity contribution in [2.75, 3.05) is 18.4 Å². The minimum Gasteiger partial charge on any atom is -0.444 e. The van der Waals surface area contributed by atoms with Crippen molar-refractivity contribution in [3.63, 3.8) is 0 Å². The van der Waals surface area contributed by atoms with Gasteiger partial charge in [-0.15, -0.1) is 0 Å². The van der Waals surface area contributed by atoms with E-state index < -0.39 is 29.6 Å². The maximum Gasteiger partial charge on any atom is 0.408 e. The Labute approximate surface area is 212 Å². The van der Waals surface area contributed by atoms with E-state index in [2.05, 4.69) is 17.2 Å². The number of benzene rings is 2. The fourth-order valence-electron chi connectivity index (χ4n) is 3.51. The van der Waals surface area contributed by atoms with Gasteiger partial charge in [-0.25, -0.2) is 4.79 Å². The Hall–Kier alpha value is -3.32. The molecule has 0 radical (unpaired) electrons. The van der Waals surface area contributed by atoms with Crippen molar-refractivity contribution < 1.29 is 19.1 Å². The van der Waals surface area contributed by atoms with Gasteiger partial charge in [0, 0.05) is 6.54 Å². The molecule has 0 spiro atoms. The number of nitrogens with one attached hydrogen (secondary N) is 2. The molecule has 7 nitrogen and oxygen atoms in total. The largest absolute Gasteiger partial charge is 0.444 e. The number of nitrogens with zero attached hydrogens (tertiary/aromatic N) is 1. The molecule has 8 heteroatoms. The van der Waals surface area contributed by atoms with E-state index in [1.807, 2.05) is 32.0 Å². The van der Waals surface area contributed by atoms with E-state index in [1.54, 1.807) is 51.1 Å². The minimum absolute atomic E-state index is 0.298. The van der Waals surface area contributed by atoms with E-state index in [1.165, 1.54) is 4.90 Å². The van der Waals surface area contributed by atoms with Crippen LogP contribution in [-0.4, -0.2) is 41.5 Å². The number of alkyl carbamates (subject to hydrolysis) is 1. The highest BCUT2D eigenvalue weighted by molar-refractivity contribution is 6.34. The number of amides is 3. The van der Waals surface area contributed by atoms with Crippen LogP contribution < -0.4 is 10.6 Å². The zero-order valence-electron chi connectivity index (χ0n) is 21.0. The van der Waals surface area contributed by atoms with Gasteiger partial charge in [0.2, 0.25) is 5.91 Å². The van der Waals surface area contributed by atoms with Gasteiger partial charge in [-0.2, -0.15) is 0 Å². The Kier molecular flexibility index (Phi) is 9.89. The van der Waals surface area contributed by atoms with Crippen molar-refractivity contribution in [1.29, 1.82) is 0 Å². The van der Waals surface area contributed by atoms with Gasteiger partial charge >= 0.3 is 6.09 Å². The molecule has 0 saturated carbocycles. The Bertz CT molecular complexity index is 1060. The molecule has 0 fully saturated rings. The van der Waals surface area contributed by atoms with Crippen molar-refractivity contribution in [2.45, 2.75) is 52.7 Å². The van der Waals surface area contributed by atoms with Crippen molar-refractivity contribution in [2.24, 2.45) is 0 Å². The molecular weight excluding hydrogens is 466 g/mol. The molecule has 1 atom stereocenters. The Morgan fingerprint density at radius 2 is 1.86 bits per heavy atom. The Morgan fingerprint density at radius 1 is 1.17 bits per heavy atom. The highest BCUT2D eigenvalue weighted by Gasteiger charge is 2.32. The first-order valence-electron chi connectivity index (χ1n) is 11.5. The fraction of sp³-hybridized carbons (Fsp3) is 0.370. The molecule has 0 aliphatic heterocycles. The highest BCUT2D eigenvalue weighted by atomic mass is 35.5. The van der Waals surface area contributed by atoms with Gasteiger partial charge in [0.25, 0.3) is 5.91 Å². The average Bonchev–Trinajstić information content (AvgIpc) is 2.78. The molecule has 0 bridgehead atoms. The fourth-order valence-corrected chi connectivity index (χ4v) is 3.78. The number of carbonyl (C=O) groups is 3. The molecular formula is C27H34ClN3O4. The van der Waals surface area contributed by atoms with E-state index >= 15 is 0 Å². The first-order chi connectivity index (χ1) is 16.5. The number of hydrogen-bond acceptors (Lipinski definition) is 4. The maximum absolute atomic E-state index is 13.7. The third kappa shape index (κ3) is 8.14. The van der Waals surface area contributed by atoms with Gasteiger partial charge in [-0.1, -0.05) is 61.5 Å². The summed E-state index contributed by atoms with van der Waals surface area (Å²) < 4.78 is 5.23. The summed E-state index contributed by atoms with van der Waals surface area (Å²) in [4.78, 5) is 40.5. The van der Waals surface area contributed by atoms with Crippen LogP contribution in [0.5, 0.6) is 0 Å². The van der Waals surface area contributed by atoms with Gasteiger partial charge in [0.05, 0.1) is 10.7 Å². The van der Waals surface area contributed by atoms with Gasteiger partial charge in [0.1, 0.15) is 18.2 Å². The molecule has 2 N–H and O–H groups in total. The molecule has 188 valence electrons. The second kappa shape index (κ2) is 12.4. The predicted octanol–water partition coefficient (Wildman–Crippen LogP) is 5.73. The summed E-state index contributed by atoms with van der Waals surface area (Å²) in [5.41, 5.74) is 2.01. The smallest absolute Gasteiger partial charge is 0.408 e. The van der Waals surface area contributed by atoms with Crippen molar-refractivity contribution in [3.8, 4) is 0 Å². The summed E-state index contributed by atoms with van der Waals surface area (Å²) in [6.45, 7) is 12.8. The van der Waals surface area contributed by atoms with Gasteiger partial charge in [-0.3, -0.25) is 9.59 Å². The molecule has 2 aromatic carbocycles. The second-order valence-electron chi connectivity index (χ2n) is 9.14. The van der Waals surface area contributed by atoms with Gasteiger partial charge in [0.15, 0.2) is 0 Å². The van der Waals surface area contributed by atoms with E-state index in [9.17, 15) is 14.4 Å². The standard InChI is InChI=1S/C27H34ClN3O4/c1-7-15-31(22(32)17-29-26(34)35-27(4,5)6)24(20-13-10-12-19(8-2)16-20)25(33)30-23-18(3)11-9-14-21(23)28/h8-14,16,24H,2,7,15,17H2,1,3-6H3,(H,29,34)(H,30,33). The SMILES string of the molecule is C=Cc1cccc(C(C(=O)Nc2c(C)cccc2Cl)N(CCC)C(=O)CNC(=O)OC(C)(C)C)c1. The summed E-state index contributed by atoms with van der Waals surface area (Å²) in [6.07, 6.45) is 1.57. The van der Waals surface area contributed by atoms with Crippen molar-refractivity contribution in [1.82, 2.24) is 10.2 Å². The number of aryl methyl sites for hydroxylation is 1. The Balaban J connectivity index is 2.41. The zero-order valence-corrected chi connectivity index (χ0v) is 21.7. The van der Waals surface area contributed by atoms with Crippen LogP contribution in [0, 0.1) is 6.92 Å². The first-order valence-corrected chi connectivity index (χ1v) is 11.9. The maximum atomic E-state index is 13.7. The molecule has 0 aromatic heterocycles. The van der Waals surface area contributed by atoms with Crippen LogP contribution >= 0.6 is 11.6 Å². The third-order valence-corrected chi connectivity index (χ3v) is 5.37. The summed E-state index contributed by atoms with van der Waals surface area (Å²) in [7, 11) is 0. The van der Waals surface area contributed by atoms with E-state index in [0.29, 0.717) is 29.2 Å². The molecule has 0 heterocycles. The Morgan fingerprint density at radius 3 is 2.46 bits per heavy atom. The predicted molar refractivity (Wildman–Crippen MR) is 140 cm³/mol.